The summed E-state index contributed by atoms with van der Waals surface area (Å²) in [5.41, 5.74) is -0.999. The molecule has 0 aromatic rings. The largest absolute Gasteiger partial charge is 0.451 e. The maximum Gasteiger partial charge on any atom is 0.303 e. The van der Waals surface area contributed by atoms with Crippen LogP contribution in [0.25, 0.3) is 0 Å². The van der Waals surface area contributed by atoms with E-state index in [1.807, 2.05) is 0 Å². The van der Waals surface area contributed by atoms with Gasteiger partial charge in [-0.1, -0.05) is 26.7 Å². The van der Waals surface area contributed by atoms with Crippen LogP contribution >= 0.6 is 0 Å². The number of esters is 1. The van der Waals surface area contributed by atoms with Crippen molar-refractivity contribution in [2.24, 2.45) is 34.5 Å². The van der Waals surface area contributed by atoms with Gasteiger partial charge < -0.3 is 9.84 Å². The average molecular weight is 377 g/mol. The van der Waals surface area contributed by atoms with Crippen LogP contribution in [-0.4, -0.2) is 29.1 Å². The zero-order chi connectivity index (χ0) is 19.4. The number of hydrogen-bond acceptors (Lipinski definition) is 4. The predicted molar refractivity (Wildman–Crippen MR) is 103 cm³/mol. The molecule has 0 heterocycles. The number of ether oxygens (including phenoxy) is 1. The molecule has 0 aromatic carbocycles. The molecular formula is C23H36O4. The fourth-order valence-corrected chi connectivity index (χ4v) is 8.35. The fraction of sp³-hybridized carbons (Fsp3) is 0.913. The van der Waals surface area contributed by atoms with Gasteiger partial charge in [0.05, 0.1) is 0 Å². The van der Waals surface area contributed by atoms with Crippen LogP contribution in [0, 0.1) is 34.5 Å². The first-order valence-electron chi connectivity index (χ1n) is 11.1. The number of ketones is 1. The molecule has 0 radical (unpaired) electrons. The fourth-order valence-electron chi connectivity index (χ4n) is 8.35. The van der Waals surface area contributed by atoms with Gasteiger partial charge in [-0.05, 0) is 80.5 Å². The van der Waals surface area contributed by atoms with Crippen molar-refractivity contribution >= 4 is 11.8 Å². The van der Waals surface area contributed by atoms with Crippen molar-refractivity contribution in [3.05, 3.63) is 0 Å². The van der Waals surface area contributed by atoms with Crippen LogP contribution in [0.3, 0.4) is 0 Å². The second-order valence-electron chi connectivity index (χ2n) is 10.4. The van der Waals surface area contributed by atoms with Gasteiger partial charge >= 0.3 is 5.97 Å². The Morgan fingerprint density at radius 1 is 0.963 bits per heavy atom. The quantitative estimate of drug-likeness (QED) is 0.747. The monoisotopic (exact) mass is 376 g/mol. The number of rotatable bonds is 3. The van der Waals surface area contributed by atoms with E-state index in [1.54, 1.807) is 0 Å². The van der Waals surface area contributed by atoms with Crippen molar-refractivity contribution < 1.29 is 19.4 Å². The summed E-state index contributed by atoms with van der Waals surface area (Å²) in [6.45, 7) is 5.57. The van der Waals surface area contributed by atoms with Crippen molar-refractivity contribution in [1.29, 1.82) is 0 Å². The molecule has 4 heteroatoms. The molecule has 0 unspecified atom stereocenters. The molecule has 4 nitrogen and oxygen atoms in total. The smallest absolute Gasteiger partial charge is 0.303 e. The Balaban J connectivity index is 1.68. The summed E-state index contributed by atoms with van der Waals surface area (Å²) in [6.07, 6.45) is 11.7. The maximum absolute atomic E-state index is 12.9. The Morgan fingerprint density at radius 3 is 2.41 bits per heavy atom. The number of carbonyl (C=O) groups is 2. The summed E-state index contributed by atoms with van der Waals surface area (Å²) in [7, 11) is 0. The summed E-state index contributed by atoms with van der Waals surface area (Å²) in [5.74, 6) is 1.97. The molecule has 4 rings (SSSR count). The van der Waals surface area contributed by atoms with Crippen LogP contribution in [0.2, 0.25) is 0 Å². The minimum Gasteiger partial charge on any atom is -0.451 e. The molecular weight excluding hydrogens is 340 g/mol. The second kappa shape index (κ2) is 6.57. The maximum atomic E-state index is 12.9. The van der Waals surface area contributed by atoms with Crippen LogP contribution in [0.1, 0.15) is 85.0 Å². The molecule has 0 aliphatic heterocycles. The van der Waals surface area contributed by atoms with Crippen molar-refractivity contribution in [2.45, 2.75) is 90.6 Å². The molecule has 27 heavy (non-hydrogen) atoms. The first kappa shape index (κ1) is 19.4. The molecule has 4 aliphatic carbocycles. The van der Waals surface area contributed by atoms with Gasteiger partial charge in [-0.15, -0.1) is 0 Å². The normalized spacial score (nSPS) is 48.9. The third-order valence-corrected chi connectivity index (χ3v) is 9.61. The highest BCUT2D eigenvalue weighted by Gasteiger charge is 2.68. The molecule has 7 atom stereocenters. The van der Waals surface area contributed by atoms with Crippen molar-refractivity contribution in [3.63, 3.8) is 0 Å². The number of Topliss-reactive ketones (excluding diaryl/α,β-unsaturated/α-hetero) is 1. The zero-order valence-electron chi connectivity index (χ0n) is 17.3. The summed E-state index contributed by atoms with van der Waals surface area (Å²) in [5, 5.41) is 9.66. The highest BCUT2D eigenvalue weighted by Crippen LogP contribution is 2.69. The SMILES string of the molecule is CC(=O)O[C@]1(C(=O)CO)CC[C@H]2[C@@H]3CC[C@@H]4CCCC[C@]4(C)[C@H]3CC[C@@]21C. The molecule has 0 aromatic heterocycles. The van der Waals surface area contributed by atoms with Gasteiger partial charge in [0.15, 0.2) is 5.60 Å². The third kappa shape index (κ3) is 2.58. The van der Waals surface area contributed by atoms with Crippen molar-refractivity contribution in [1.82, 2.24) is 0 Å². The predicted octanol–water partition coefficient (Wildman–Crippen LogP) is 4.28. The summed E-state index contributed by atoms with van der Waals surface area (Å²) in [4.78, 5) is 24.8. The second-order valence-corrected chi connectivity index (χ2v) is 10.4. The van der Waals surface area contributed by atoms with Gasteiger partial charge in [0, 0.05) is 12.3 Å². The molecule has 4 fully saturated rings. The van der Waals surface area contributed by atoms with E-state index in [4.69, 9.17) is 4.74 Å². The van der Waals surface area contributed by atoms with Gasteiger partial charge in [-0.3, -0.25) is 9.59 Å². The molecule has 4 saturated carbocycles. The summed E-state index contributed by atoms with van der Waals surface area (Å²) in [6, 6.07) is 0. The lowest BCUT2D eigenvalue weighted by Crippen LogP contribution is -2.60. The summed E-state index contributed by atoms with van der Waals surface area (Å²) < 4.78 is 5.79. The lowest BCUT2D eigenvalue weighted by Gasteiger charge is -2.61. The van der Waals surface area contributed by atoms with Gasteiger partial charge in [0.1, 0.15) is 6.61 Å². The molecule has 0 bridgehead atoms. The average Bonchev–Trinajstić information content (AvgIpc) is 2.93. The van der Waals surface area contributed by atoms with E-state index >= 15 is 0 Å². The van der Waals surface area contributed by atoms with Crippen LogP contribution in [0.15, 0.2) is 0 Å². The molecule has 0 saturated heterocycles. The van der Waals surface area contributed by atoms with E-state index in [-0.39, 0.29) is 11.2 Å². The molecule has 152 valence electrons. The minimum atomic E-state index is -1.12. The first-order chi connectivity index (χ1) is 12.8. The molecule has 4 aliphatic rings. The van der Waals surface area contributed by atoms with Crippen LogP contribution in [0.4, 0.5) is 0 Å². The number of aliphatic hydroxyl groups excluding tert-OH is 1. The number of carbonyl (C=O) groups excluding carboxylic acids is 2. The van der Waals surface area contributed by atoms with Gasteiger partial charge in [0.2, 0.25) is 5.78 Å². The molecule has 0 amide bonds. The van der Waals surface area contributed by atoms with E-state index in [2.05, 4.69) is 13.8 Å². The summed E-state index contributed by atoms with van der Waals surface area (Å²) >= 11 is 0. The Bertz CT molecular complexity index is 630. The van der Waals surface area contributed by atoms with Crippen LogP contribution in [0.5, 0.6) is 0 Å². The van der Waals surface area contributed by atoms with E-state index in [1.165, 1.54) is 45.4 Å². The van der Waals surface area contributed by atoms with E-state index in [0.717, 1.165) is 31.1 Å². The van der Waals surface area contributed by atoms with E-state index < -0.39 is 18.2 Å². The van der Waals surface area contributed by atoms with Crippen LogP contribution in [-0.2, 0) is 14.3 Å². The topological polar surface area (TPSA) is 63.6 Å². The highest BCUT2D eigenvalue weighted by atomic mass is 16.6. The standard InChI is InChI=1S/C23H36O4/c1-15(25)27-23(20(26)14-24)13-10-19-17-8-7-16-6-4-5-11-21(16,2)18(17)9-12-22(19,23)3/h16-19,24H,4-14H2,1-3H3/t16-,17+,18-,19-,21-,22-,23-/m0/s1. The minimum absolute atomic E-state index is 0.293. The van der Waals surface area contributed by atoms with Crippen molar-refractivity contribution in [3.8, 4) is 0 Å². The van der Waals surface area contributed by atoms with Gasteiger partial charge in [-0.25, -0.2) is 0 Å². The third-order valence-electron chi connectivity index (χ3n) is 9.61. The number of hydrogen-bond donors (Lipinski definition) is 1. The Kier molecular flexibility index (Phi) is 4.73. The number of aliphatic hydroxyl groups is 1. The van der Waals surface area contributed by atoms with Gasteiger partial charge in [0.25, 0.3) is 0 Å². The van der Waals surface area contributed by atoms with Crippen LogP contribution < -0.4 is 0 Å². The Hall–Kier alpha value is -0.900. The number of fused-ring (bicyclic) bond motifs is 5. The first-order valence-corrected chi connectivity index (χ1v) is 11.1. The lowest BCUT2D eigenvalue weighted by atomic mass is 9.44. The Labute approximate surface area is 163 Å². The van der Waals surface area contributed by atoms with Crippen molar-refractivity contribution in [2.75, 3.05) is 6.61 Å². The zero-order valence-corrected chi connectivity index (χ0v) is 17.3. The van der Waals surface area contributed by atoms with Gasteiger partial charge in [-0.2, -0.15) is 0 Å². The molecule has 0 spiro atoms. The van der Waals surface area contributed by atoms with E-state index in [0.29, 0.717) is 23.7 Å². The van der Waals surface area contributed by atoms with E-state index in [9.17, 15) is 14.7 Å². The highest BCUT2D eigenvalue weighted by molar-refractivity contribution is 5.91. The molecule has 1 N–H and O–H groups in total. The Morgan fingerprint density at radius 2 is 1.70 bits per heavy atom. The lowest BCUT2D eigenvalue weighted by molar-refractivity contribution is -0.193.